The third-order valence-electron chi connectivity index (χ3n) is 4.73. The molecule has 1 saturated carbocycles. The zero-order valence-corrected chi connectivity index (χ0v) is 15.2. The fraction of sp³-hybridized carbons (Fsp3) is 0.588. The fourth-order valence-corrected chi connectivity index (χ4v) is 4.55. The van der Waals surface area contributed by atoms with Crippen LogP contribution in [0.2, 0.25) is 0 Å². The number of rotatable bonds is 7. The zero-order chi connectivity index (χ0) is 17.7. The Hall–Kier alpha value is -1.44. The van der Waals surface area contributed by atoms with Crippen LogP contribution in [0.4, 0.5) is 0 Å². The smallest absolute Gasteiger partial charge is 0.253 e. The topological polar surface area (TPSA) is 92.5 Å². The summed E-state index contributed by atoms with van der Waals surface area (Å²) in [6.45, 7) is 5.57. The Bertz CT molecular complexity index is 654. The molecule has 2 unspecified atom stereocenters. The Kier molecular flexibility index (Phi) is 6.37. The van der Waals surface area contributed by atoms with Crippen LogP contribution in [0.25, 0.3) is 0 Å². The number of benzene rings is 1. The van der Waals surface area contributed by atoms with Crippen LogP contribution in [0.1, 0.15) is 43.5 Å². The van der Waals surface area contributed by atoms with Crippen LogP contribution in [0.3, 0.4) is 0 Å². The van der Waals surface area contributed by atoms with Gasteiger partial charge in [0.05, 0.1) is 4.90 Å². The number of hydrogen-bond donors (Lipinski definition) is 2. The Morgan fingerprint density at radius 3 is 2.38 bits per heavy atom. The molecule has 6 nitrogen and oxygen atoms in total. The molecule has 1 aliphatic carbocycles. The lowest BCUT2D eigenvalue weighted by molar-refractivity contribution is 0.0773. The van der Waals surface area contributed by atoms with E-state index in [9.17, 15) is 13.2 Å². The van der Waals surface area contributed by atoms with Gasteiger partial charge in [-0.2, -0.15) is 0 Å². The van der Waals surface area contributed by atoms with Crippen LogP contribution in [-0.4, -0.2) is 44.9 Å². The van der Waals surface area contributed by atoms with E-state index in [1.807, 2.05) is 13.8 Å². The van der Waals surface area contributed by atoms with Crippen molar-refractivity contribution in [3.8, 4) is 0 Å². The standard InChI is InChI=1S/C17H27N3O3S/c1-3-20(4-2)17(21)13-8-10-15(11-9-13)24(22,23)19-16-7-5-6-14(16)12-18/h8-11,14,16,19H,3-7,12,18H2,1-2H3. The van der Waals surface area contributed by atoms with Gasteiger partial charge >= 0.3 is 0 Å². The van der Waals surface area contributed by atoms with Crippen LogP contribution in [0, 0.1) is 5.92 Å². The quantitative estimate of drug-likeness (QED) is 0.778. The summed E-state index contributed by atoms with van der Waals surface area (Å²) in [5.74, 6) is 0.110. The Balaban J connectivity index is 2.13. The zero-order valence-electron chi connectivity index (χ0n) is 14.4. The Morgan fingerprint density at radius 2 is 1.83 bits per heavy atom. The van der Waals surface area contributed by atoms with E-state index in [-0.39, 0.29) is 22.8 Å². The summed E-state index contributed by atoms with van der Waals surface area (Å²) in [6, 6.07) is 6.03. The minimum atomic E-state index is -3.59. The summed E-state index contributed by atoms with van der Waals surface area (Å²) in [5, 5.41) is 0. The summed E-state index contributed by atoms with van der Waals surface area (Å²) < 4.78 is 27.8. The largest absolute Gasteiger partial charge is 0.339 e. The van der Waals surface area contributed by atoms with Crippen molar-refractivity contribution in [3.05, 3.63) is 29.8 Å². The third kappa shape index (κ3) is 4.15. The van der Waals surface area contributed by atoms with Crippen molar-refractivity contribution in [1.82, 2.24) is 9.62 Å². The van der Waals surface area contributed by atoms with E-state index in [1.165, 1.54) is 12.1 Å². The van der Waals surface area contributed by atoms with Crippen LogP contribution in [0.5, 0.6) is 0 Å². The van der Waals surface area contributed by atoms with Gasteiger partial charge in [-0.15, -0.1) is 0 Å². The van der Waals surface area contributed by atoms with Gasteiger partial charge < -0.3 is 10.6 Å². The fourth-order valence-electron chi connectivity index (χ4n) is 3.21. The minimum Gasteiger partial charge on any atom is -0.339 e. The molecular weight excluding hydrogens is 326 g/mol. The van der Waals surface area contributed by atoms with Crippen molar-refractivity contribution in [2.24, 2.45) is 11.7 Å². The highest BCUT2D eigenvalue weighted by Crippen LogP contribution is 2.26. The Morgan fingerprint density at radius 1 is 1.21 bits per heavy atom. The van der Waals surface area contributed by atoms with Gasteiger partial charge in [-0.1, -0.05) is 6.42 Å². The monoisotopic (exact) mass is 353 g/mol. The molecule has 7 heteroatoms. The first-order chi connectivity index (χ1) is 11.4. The molecule has 1 aliphatic rings. The van der Waals surface area contributed by atoms with Gasteiger partial charge in [-0.3, -0.25) is 4.79 Å². The average molecular weight is 353 g/mol. The molecule has 1 aromatic rings. The van der Waals surface area contributed by atoms with Crippen molar-refractivity contribution >= 4 is 15.9 Å². The number of nitrogens with two attached hydrogens (primary N) is 1. The predicted molar refractivity (Wildman–Crippen MR) is 94.2 cm³/mol. The molecule has 1 fully saturated rings. The van der Waals surface area contributed by atoms with E-state index in [1.54, 1.807) is 17.0 Å². The second-order valence-corrected chi connectivity index (χ2v) is 7.87. The SMILES string of the molecule is CCN(CC)C(=O)c1ccc(S(=O)(=O)NC2CCCC2CN)cc1. The van der Waals surface area contributed by atoms with Crippen molar-refractivity contribution < 1.29 is 13.2 Å². The molecule has 0 spiro atoms. The predicted octanol–water partition coefficient (Wildman–Crippen LogP) is 1.57. The molecule has 0 radical (unpaired) electrons. The number of nitrogens with one attached hydrogen (secondary N) is 1. The van der Waals surface area contributed by atoms with Gasteiger partial charge in [0.25, 0.3) is 5.91 Å². The molecule has 0 heterocycles. The van der Waals surface area contributed by atoms with Gasteiger partial charge in [-0.05, 0) is 63.4 Å². The van der Waals surface area contributed by atoms with Gasteiger partial charge in [0.1, 0.15) is 0 Å². The maximum atomic E-state index is 12.5. The summed E-state index contributed by atoms with van der Waals surface area (Å²) in [7, 11) is -3.59. The number of amides is 1. The molecule has 1 aromatic carbocycles. The molecule has 0 aliphatic heterocycles. The molecule has 134 valence electrons. The van der Waals surface area contributed by atoms with Gasteiger partial charge in [0, 0.05) is 24.7 Å². The van der Waals surface area contributed by atoms with Crippen molar-refractivity contribution in [2.45, 2.75) is 44.0 Å². The number of sulfonamides is 1. The van der Waals surface area contributed by atoms with Crippen LogP contribution in [0.15, 0.2) is 29.2 Å². The lowest BCUT2D eigenvalue weighted by Gasteiger charge is -2.20. The first-order valence-corrected chi connectivity index (χ1v) is 10.0. The summed E-state index contributed by atoms with van der Waals surface area (Å²) in [5.41, 5.74) is 6.21. The molecule has 2 atom stereocenters. The second kappa shape index (κ2) is 8.09. The lowest BCUT2D eigenvalue weighted by Crippen LogP contribution is -2.39. The maximum absolute atomic E-state index is 12.5. The summed E-state index contributed by atoms with van der Waals surface area (Å²) in [6.07, 6.45) is 2.77. The highest BCUT2D eigenvalue weighted by atomic mass is 32.2. The van der Waals surface area contributed by atoms with Crippen molar-refractivity contribution in [3.63, 3.8) is 0 Å². The van der Waals surface area contributed by atoms with E-state index in [0.717, 1.165) is 19.3 Å². The van der Waals surface area contributed by atoms with Gasteiger partial charge in [-0.25, -0.2) is 13.1 Å². The highest BCUT2D eigenvalue weighted by Gasteiger charge is 2.30. The molecular formula is C17H27N3O3S. The number of carbonyl (C=O) groups excluding carboxylic acids is 1. The summed E-state index contributed by atoms with van der Waals surface area (Å²) >= 11 is 0. The number of carbonyl (C=O) groups is 1. The molecule has 0 saturated heterocycles. The number of hydrogen-bond acceptors (Lipinski definition) is 4. The van der Waals surface area contributed by atoms with Crippen LogP contribution in [-0.2, 0) is 10.0 Å². The second-order valence-electron chi connectivity index (χ2n) is 6.16. The highest BCUT2D eigenvalue weighted by molar-refractivity contribution is 7.89. The lowest BCUT2D eigenvalue weighted by atomic mass is 10.1. The summed E-state index contributed by atoms with van der Waals surface area (Å²) in [4.78, 5) is 14.2. The van der Waals surface area contributed by atoms with Crippen LogP contribution < -0.4 is 10.5 Å². The average Bonchev–Trinajstić information content (AvgIpc) is 3.02. The molecule has 0 bridgehead atoms. The van der Waals surface area contributed by atoms with Crippen LogP contribution >= 0.6 is 0 Å². The molecule has 0 aromatic heterocycles. The third-order valence-corrected chi connectivity index (χ3v) is 6.24. The van der Waals surface area contributed by atoms with Crippen molar-refractivity contribution in [1.29, 1.82) is 0 Å². The van der Waals surface area contributed by atoms with E-state index < -0.39 is 10.0 Å². The Labute approximate surface area is 144 Å². The van der Waals surface area contributed by atoms with E-state index in [0.29, 0.717) is 25.2 Å². The maximum Gasteiger partial charge on any atom is 0.253 e. The van der Waals surface area contributed by atoms with E-state index >= 15 is 0 Å². The molecule has 3 N–H and O–H groups in total. The van der Waals surface area contributed by atoms with Crippen molar-refractivity contribution in [2.75, 3.05) is 19.6 Å². The van der Waals surface area contributed by atoms with Gasteiger partial charge in [0.15, 0.2) is 0 Å². The molecule has 2 rings (SSSR count). The first-order valence-electron chi connectivity index (χ1n) is 8.54. The van der Waals surface area contributed by atoms with E-state index in [2.05, 4.69) is 4.72 Å². The number of nitrogens with zero attached hydrogens (tertiary/aromatic N) is 1. The molecule has 24 heavy (non-hydrogen) atoms. The van der Waals surface area contributed by atoms with E-state index in [4.69, 9.17) is 5.73 Å². The normalized spacial score (nSPS) is 21.0. The minimum absolute atomic E-state index is 0.0871. The molecule has 1 amide bonds. The van der Waals surface area contributed by atoms with Gasteiger partial charge in [0.2, 0.25) is 10.0 Å². The first kappa shape index (κ1) is 18.9.